The molecular weight excluding hydrogens is 232 g/mol. The zero-order valence-electron chi connectivity index (χ0n) is 10.5. The summed E-state index contributed by atoms with van der Waals surface area (Å²) < 4.78 is 0. The highest BCUT2D eigenvalue weighted by Crippen LogP contribution is 2.15. The van der Waals surface area contributed by atoms with Crippen molar-refractivity contribution >= 4 is 11.6 Å². The molecule has 2 rings (SSSR count). The molecule has 0 saturated carbocycles. The number of rotatable bonds is 5. The third kappa shape index (κ3) is 3.98. The molecule has 0 aliphatic carbocycles. The minimum atomic E-state index is 0.398. The maximum absolute atomic E-state index is 5.88. The molecule has 1 aromatic carbocycles. The van der Waals surface area contributed by atoms with Crippen LogP contribution in [0.3, 0.4) is 0 Å². The zero-order valence-corrected chi connectivity index (χ0v) is 11.2. The van der Waals surface area contributed by atoms with E-state index in [0.717, 1.165) is 18.1 Å². The van der Waals surface area contributed by atoms with E-state index in [1.807, 2.05) is 12.1 Å². The van der Waals surface area contributed by atoms with E-state index in [-0.39, 0.29) is 0 Å². The monoisotopic (exact) mass is 252 g/mol. The molecule has 2 nitrogen and oxygen atoms in total. The van der Waals surface area contributed by atoms with E-state index >= 15 is 0 Å². The molecule has 1 fully saturated rings. The molecule has 1 heterocycles. The van der Waals surface area contributed by atoms with Crippen LogP contribution in [-0.2, 0) is 0 Å². The first-order valence-corrected chi connectivity index (χ1v) is 6.85. The molecule has 0 radical (unpaired) electrons. The molecule has 1 N–H and O–H groups in total. The maximum atomic E-state index is 5.88. The smallest absolute Gasteiger partial charge is 0.0406 e. The topological polar surface area (TPSA) is 15.3 Å². The predicted octanol–water partition coefficient (Wildman–Crippen LogP) is 3.09. The summed E-state index contributed by atoms with van der Waals surface area (Å²) in [6.45, 7) is 6.98. The average Bonchev–Trinajstić information content (AvgIpc) is 2.83. The first-order valence-electron chi connectivity index (χ1n) is 6.47. The first-order chi connectivity index (χ1) is 8.25. The molecule has 1 saturated heterocycles. The molecule has 0 amide bonds. The third-order valence-corrected chi connectivity index (χ3v) is 3.70. The Labute approximate surface area is 109 Å². The fourth-order valence-electron chi connectivity index (χ4n) is 2.31. The van der Waals surface area contributed by atoms with Crippen LogP contribution < -0.4 is 5.32 Å². The van der Waals surface area contributed by atoms with Crippen molar-refractivity contribution in [1.82, 2.24) is 10.2 Å². The van der Waals surface area contributed by atoms with Gasteiger partial charge in [-0.05, 0) is 50.6 Å². The lowest BCUT2D eigenvalue weighted by atomic mass is 10.1. The van der Waals surface area contributed by atoms with Crippen LogP contribution in [0.2, 0.25) is 5.02 Å². The van der Waals surface area contributed by atoms with Crippen LogP contribution in [0.25, 0.3) is 0 Å². The Bertz CT molecular complexity index is 331. The van der Waals surface area contributed by atoms with Crippen LogP contribution in [-0.4, -0.2) is 31.1 Å². The quantitative estimate of drug-likeness (QED) is 0.867. The first kappa shape index (κ1) is 12.9. The summed E-state index contributed by atoms with van der Waals surface area (Å²) in [5, 5.41) is 4.36. The minimum Gasteiger partial charge on any atom is -0.309 e. The number of benzene rings is 1. The molecule has 94 valence electrons. The van der Waals surface area contributed by atoms with Gasteiger partial charge in [0.25, 0.3) is 0 Å². The summed E-state index contributed by atoms with van der Waals surface area (Å²) in [5.74, 6) is 0. The second-order valence-corrected chi connectivity index (χ2v) is 5.21. The lowest BCUT2D eigenvalue weighted by Gasteiger charge is -2.18. The number of halogens is 1. The number of hydrogen-bond acceptors (Lipinski definition) is 2. The molecule has 1 atom stereocenters. The fourth-order valence-corrected chi connectivity index (χ4v) is 2.44. The highest BCUT2D eigenvalue weighted by atomic mass is 35.5. The van der Waals surface area contributed by atoms with Gasteiger partial charge in [-0.3, -0.25) is 0 Å². The van der Waals surface area contributed by atoms with Gasteiger partial charge in [0.05, 0.1) is 0 Å². The number of nitrogens with one attached hydrogen (secondary N) is 1. The van der Waals surface area contributed by atoms with Crippen LogP contribution >= 0.6 is 11.6 Å². The Balaban J connectivity index is 1.72. The molecule has 0 spiro atoms. The number of likely N-dealkylation sites (tertiary alicyclic amines) is 1. The van der Waals surface area contributed by atoms with Gasteiger partial charge in [-0.1, -0.05) is 23.7 Å². The fraction of sp³-hybridized carbons (Fsp3) is 0.571. The van der Waals surface area contributed by atoms with Crippen molar-refractivity contribution in [3.8, 4) is 0 Å². The van der Waals surface area contributed by atoms with Crippen LogP contribution in [0.4, 0.5) is 0 Å². The van der Waals surface area contributed by atoms with E-state index in [1.54, 1.807) is 0 Å². The van der Waals surface area contributed by atoms with Gasteiger partial charge in [-0.15, -0.1) is 0 Å². The highest BCUT2D eigenvalue weighted by molar-refractivity contribution is 6.30. The van der Waals surface area contributed by atoms with Gasteiger partial charge in [0.2, 0.25) is 0 Å². The van der Waals surface area contributed by atoms with E-state index in [0.29, 0.717) is 6.04 Å². The Morgan fingerprint density at radius 2 is 1.88 bits per heavy atom. The summed E-state index contributed by atoms with van der Waals surface area (Å²) in [7, 11) is 0. The van der Waals surface area contributed by atoms with Crippen molar-refractivity contribution in [2.75, 3.05) is 26.2 Å². The molecule has 1 aliphatic rings. The van der Waals surface area contributed by atoms with Crippen molar-refractivity contribution in [2.24, 2.45) is 0 Å². The van der Waals surface area contributed by atoms with E-state index in [9.17, 15) is 0 Å². The van der Waals surface area contributed by atoms with Gasteiger partial charge in [-0.25, -0.2) is 0 Å². The molecule has 1 unspecified atom stereocenters. The van der Waals surface area contributed by atoms with Gasteiger partial charge in [-0.2, -0.15) is 0 Å². The molecule has 17 heavy (non-hydrogen) atoms. The Morgan fingerprint density at radius 3 is 2.53 bits per heavy atom. The summed E-state index contributed by atoms with van der Waals surface area (Å²) in [4.78, 5) is 2.53. The van der Waals surface area contributed by atoms with Gasteiger partial charge >= 0.3 is 0 Å². The summed E-state index contributed by atoms with van der Waals surface area (Å²) >= 11 is 5.88. The molecule has 0 aromatic heterocycles. The van der Waals surface area contributed by atoms with Gasteiger partial charge in [0.15, 0.2) is 0 Å². The normalized spacial score (nSPS) is 18.5. The van der Waals surface area contributed by atoms with Crippen LogP contribution in [0.5, 0.6) is 0 Å². The summed E-state index contributed by atoms with van der Waals surface area (Å²) in [6.07, 6.45) is 2.74. The van der Waals surface area contributed by atoms with Crippen molar-refractivity contribution in [3.63, 3.8) is 0 Å². The molecular formula is C14H21ClN2. The van der Waals surface area contributed by atoms with Crippen LogP contribution in [0.15, 0.2) is 24.3 Å². The second-order valence-electron chi connectivity index (χ2n) is 4.78. The van der Waals surface area contributed by atoms with E-state index in [1.165, 1.54) is 31.5 Å². The summed E-state index contributed by atoms with van der Waals surface area (Å²) in [6, 6.07) is 8.49. The molecule has 1 aromatic rings. The SMILES string of the molecule is CC(NCCN1CCCC1)c1ccc(Cl)cc1. The largest absolute Gasteiger partial charge is 0.309 e. The lowest BCUT2D eigenvalue weighted by molar-refractivity contribution is 0.330. The Hall–Kier alpha value is -0.570. The van der Waals surface area contributed by atoms with Gasteiger partial charge in [0.1, 0.15) is 0 Å². The number of hydrogen-bond donors (Lipinski definition) is 1. The molecule has 1 aliphatic heterocycles. The zero-order chi connectivity index (χ0) is 12.1. The number of nitrogens with zero attached hydrogens (tertiary/aromatic N) is 1. The predicted molar refractivity (Wildman–Crippen MR) is 73.5 cm³/mol. The second kappa shape index (κ2) is 6.39. The van der Waals surface area contributed by atoms with Crippen molar-refractivity contribution in [3.05, 3.63) is 34.9 Å². The van der Waals surface area contributed by atoms with E-state index in [2.05, 4.69) is 29.3 Å². The Morgan fingerprint density at radius 1 is 1.24 bits per heavy atom. The third-order valence-electron chi connectivity index (χ3n) is 3.45. The standard InChI is InChI=1S/C14H21ClN2/c1-12(13-4-6-14(15)7-5-13)16-8-11-17-9-2-3-10-17/h4-7,12,16H,2-3,8-11H2,1H3. The van der Waals surface area contributed by atoms with Crippen LogP contribution in [0.1, 0.15) is 31.4 Å². The van der Waals surface area contributed by atoms with Crippen molar-refractivity contribution in [1.29, 1.82) is 0 Å². The van der Waals surface area contributed by atoms with Gasteiger partial charge < -0.3 is 10.2 Å². The molecule has 3 heteroatoms. The summed E-state index contributed by atoms with van der Waals surface area (Å²) in [5.41, 5.74) is 1.30. The lowest BCUT2D eigenvalue weighted by Crippen LogP contribution is -2.31. The highest BCUT2D eigenvalue weighted by Gasteiger charge is 2.11. The molecule has 0 bridgehead atoms. The average molecular weight is 253 g/mol. The van der Waals surface area contributed by atoms with E-state index in [4.69, 9.17) is 11.6 Å². The minimum absolute atomic E-state index is 0.398. The van der Waals surface area contributed by atoms with E-state index < -0.39 is 0 Å². The Kier molecular flexibility index (Phi) is 4.84. The van der Waals surface area contributed by atoms with Crippen molar-refractivity contribution in [2.45, 2.75) is 25.8 Å². The van der Waals surface area contributed by atoms with Crippen LogP contribution in [0, 0.1) is 0 Å². The van der Waals surface area contributed by atoms with Gasteiger partial charge in [0, 0.05) is 24.2 Å². The maximum Gasteiger partial charge on any atom is 0.0406 e. The van der Waals surface area contributed by atoms with Crippen molar-refractivity contribution < 1.29 is 0 Å².